The van der Waals surface area contributed by atoms with Crippen LogP contribution in [0.5, 0.6) is 0 Å². The van der Waals surface area contributed by atoms with Crippen LogP contribution in [0.15, 0.2) is 51.6 Å². The minimum atomic E-state index is -0.523. The standard InChI is InChI=1S/C20H22N4O4S2/c1-4-28-18(27)15-11(2)21-19(23-16(15)13-8-6-5-7-9-13)29-10-14(25)22-20-24-17(26)12(3)30-20/h5-9,12,16H,4,10H2,1-3H3,(H,21,23)(H,22,24,25,26). The molecule has 2 amide bonds. The maximum Gasteiger partial charge on any atom is 0.338 e. The lowest BCUT2D eigenvalue weighted by atomic mass is 9.97. The maximum absolute atomic E-state index is 12.5. The molecule has 0 spiro atoms. The second-order valence-electron chi connectivity index (χ2n) is 6.48. The highest BCUT2D eigenvalue weighted by Crippen LogP contribution is 2.32. The van der Waals surface area contributed by atoms with Gasteiger partial charge in [0.05, 0.1) is 23.2 Å². The van der Waals surface area contributed by atoms with Gasteiger partial charge >= 0.3 is 5.97 Å². The van der Waals surface area contributed by atoms with Crippen LogP contribution in [0.3, 0.4) is 0 Å². The number of rotatable bonds is 5. The predicted molar refractivity (Wildman–Crippen MR) is 119 cm³/mol. The van der Waals surface area contributed by atoms with E-state index in [1.54, 1.807) is 20.8 Å². The molecule has 0 saturated carbocycles. The zero-order valence-corrected chi connectivity index (χ0v) is 18.4. The lowest BCUT2D eigenvalue weighted by Gasteiger charge is -2.25. The maximum atomic E-state index is 12.5. The van der Waals surface area contributed by atoms with Crippen LogP contribution in [-0.2, 0) is 19.1 Å². The molecule has 30 heavy (non-hydrogen) atoms. The van der Waals surface area contributed by atoms with Crippen molar-refractivity contribution in [2.75, 3.05) is 12.4 Å². The first kappa shape index (κ1) is 22.1. The van der Waals surface area contributed by atoms with Gasteiger partial charge in [-0.2, -0.15) is 4.99 Å². The molecule has 10 heteroatoms. The van der Waals surface area contributed by atoms with Crippen LogP contribution in [0, 0.1) is 0 Å². The number of hydrogen-bond donors (Lipinski definition) is 2. The third-order valence-electron chi connectivity index (χ3n) is 4.26. The molecule has 1 aromatic rings. The van der Waals surface area contributed by atoms with Crippen LogP contribution in [0.2, 0.25) is 0 Å². The van der Waals surface area contributed by atoms with Gasteiger partial charge in [-0.15, -0.1) is 0 Å². The van der Waals surface area contributed by atoms with Crippen molar-refractivity contribution in [3.8, 4) is 0 Å². The van der Waals surface area contributed by atoms with Gasteiger partial charge < -0.3 is 15.4 Å². The number of aliphatic imine (C=N–C) groups is 2. The summed E-state index contributed by atoms with van der Waals surface area (Å²) in [5.41, 5.74) is 1.93. The Labute approximate surface area is 183 Å². The summed E-state index contributed by atoms with van der Waals surface area (Å²) < 4.78 is 5.21. The first-order valence-electron chi connectivity index (χ1n) is 9.38. The van der Waals surface area contributed by atoms with Gasteiger partial charge in [-0.1, -0.05) is 53.9 Å². The van der Waals surface area contributed by atoms with Gasteiger partial charge in [0.15, 0.2) is 10.3 Å². The van der Waals surface area contributed by atoms with Gasteiger partial charge in [0.25, 0.3) is 5.91 Å². The van der Waals surface area contributed by atoms with E-state index in [4.69, 9.17) is 4.74 Å². The van der Waals surface area contributed by atoms with Gasteiger partial charge in [0, 0.05) is 5.70 Å². The minimum Gasteiger partial charge on any atom is -0.463 e. The number of amides is 2. The number of allylic oxidation sites excluding steroid dienone is 1. The molecule has 3 rings (SSSR count). The van der Waals surface area contributed by atoms with Gasteiger partial charge in [-0.25, -0.2) is 9.79 Å². The molecule has 0 fully saturated rings. The molecule has 2 heterocycles. The van der Waals surface area contributed by atoms with Crippen molar-refractivity contribution in [3.05, 3.63) is 47.2 Å². The SMILES string of the molecule is CCOC(=O)C1=C(C)NC(SCC(=O)NC2=NC(=O)C(C)S2)=NC1c1ccccc1. The first-order chi connectivity index (χ1) is 14.4. The van der Waals surface area contributed by atoms with Crippen LogP contribution >= 0.6 is 23.5 Å². The third-order valence-corrected chi connectivity index (χ3v) is 6.12. The molecule has 2 N–H and O–H groups in total. The van der Waals surface area contributed by atoms with Crippen molar-refractivity contribution in [2.45, 2.75) is 32.1 Å². The lowest BCUT2D eigenvalue weighted by Crippen LogP contribution is -2.33. The number of carbonyl (C=O) groups excluding carboxylic acids is 3. The molecule has 0 bridgehead atoms. The van der Waals surface area contributed by atoms with E-state index in [9.17, 15) is 14.4 Å². The number of ether oxygens (including phenoxy) is 1. The van der Waals surface area contributed by atoms with Crippen molar-refractivity contribution >= 4 is 51.6 Å². The van der Waals surface area contributed by atoms with Crippen molar-refractivity contribution in [1.82, 2.24) is 10.6 Å². The monoisotopic (exact) mass is 446 g/mol. The number of nitrogens with one attached hydrogen (secondary N) is 2. The van der Waals surface area contributed by atoms with E-state index in [-0.39, 0.29) is 29.4 Å². The summed E-state index contributed by atoms with van der Waals surface area (Å²) in [6.07, 6.45) is 0. The minimum absolute atomic E-state index is 0.0809. The number of esters is 1. The number of nitrogens with zero attached hydrogens (tertiary/aromatic N) is 2. The Morgan fingerprint density at radius 3 is 2.67 bits per heavy atom. The highest BCUT2D eigenvalue weighted by Gasteiger charge is 2.31. The summed E-state index contributed by atoms with van der Waals surface area (Å²) in [5, 5.41) is 6.29. The fourth-order valence-electron chi connectivity index (χ4n) is 2.85. The molecule has 8 nitrogen and oxygen atoms in total. The van der Waals surface area contributed by atoms with Crippen molar-refractivity contribution < 1.29 is 19.1 Å². The zero-order valence-electron chi connectivity index (χ0n) is 16.8. The van der Waals surface area contributed by atoms with E-state index in [1.807, 2.05) is 30.3 Å². The molecule has 0 saturated heterocycles. The average molecular weight is 447 g/mol. The zero-order chi connectivity index (χ0) is 21.7. The number of benzene rings is 1. The quantitative estimate of drug-likeness (QED) is 0.669. The average Bonchev–Trinajstić information content (AvgIpc) is 3.03. The summed E-state index contributed by atoms with van der Waals surface area (Å²) in [6.45, 7) is 5.55. The number of thioether (sulfide) groups is 2. The Hall–Kier alpha value is -2.59. The van der Waals surface area contributed by atoms with Crippen molar-refractivity contribution in [3.63, 3.8) is 0 Å². The topological polar surface area (TPSA) is 109 Å². The molecule has 158 valence electrons. The van der Waals surface area contributed by atoms with E-state index >= 15 is 0 Å². The Kier molecular flexibility index (Phi) is 7.33. The third kappa shape index (κ3) is 5.31. The summed E-state index contributed by atoms with van der Waals surface area (Å²) in [4.78, 5) is 44.7. The number of hydrogen-bond acceptors (Lipinski definition) is 8. The molecule has 2 atom stereocenters. The predicted octanol–water partition coefficient (Wildman–Crippen LogP) is 2.39. The van der Waals surface area contributed by atoms with Gasteiger partial charge in [0.1, 0.15) is 6.04 Å². The van der Waals surface area contributed by atoms with E-state index < -0.39 is 12.0 Å². The Balaban J connectivity index is 1.71. The molecule has 2 aliphatic heterocycles. The fourth-order valence-corrected chi connectivity index (χ4v) is 4.40. The molecular weight excluding hydrogens is 424 g/mol. The van der Waals surface area contributed by atoms with Crippen LogP contribution in [-0.4, -0.2) is 45.7 Å². The van der Waals surface area contributed by atoms with Crippen LogP contribution in [0.1, 0.15) is 32.4 Å². The Morgan fingerprint density at radius 1 is 1.30 bits per heavy atom. The summed E-state index contributed by atoms with van der Waals surface area (Å²) in [5.74, 6) is -0.875. The summed E-state index contributed by atoms with van der Waals surface area (Å²) in [6, 6.07) is 8.93. The van der Waals surface area contributed by atoms with E-state index in [2.05, 4.69) is 20.6 Å². The van der Waals surface area contributed by atoms with Crippen molar-refractivity contribution in [1.29, 1.82) is 0 Å². The van der Waals surface area contributed by atoms with E-state index in [0.29, 0.717) is 21.6 Å². The molecule has 2 aliphatic rings. The van der Waals surface area contributed by atoms with Crippen LogP contribution in [0.25, 0.3) is 0 Å². The summed E-state index contributed by atoms with van der Waals surface area (Å²) in [7, 11) is 0. The highest BCUT2D eigenvalue weighted by molar-refractivity contribution is 8.15. The lowest BCUT2D eigenvalue weighted by molar-refractivity contribution is -0.139. The van der Waals surface area contributed by atoms with E-state index in [0.717, 1.165) is 5.56 Å². The second kappa shape index (κ2) is 9.94. The van der Waals surface area contributed by atoms with Crippen LogP contribution in [0.4, 0.5) is 0 Å². The molecule has 0 aromatic heterocycles. The molecule has 0 aliphatic carbocycles. The highest BCUT2D eigenvalue weighted by atomic mass is 32.2. The normalized spacial score (nSPS) is 21.0. The molecule has 2 unspecified atom stereocenters. The molecular formula is C20H22N4O4S2. The Morgan fingerprint density at radius 2 is 2.03 bits per heavy atom. The van der Waals surface area contributed by atoms with E-state index in [1.165, 1.54) is 23.5 Å². The van der Waals surface area contributed by atoms with Gasteiger partial charge in [0.2, 0.25) is 5.91 Å². The number of amidine groups is 2. The van der Waals surface area contributed by atoms with Gasteiger partial charge in [-0.3, -0.25) is 9.59 Å². The first-order valence-corrected chi connectivity index (χ1v) is 11.2. The van der Waals surface area contributed by atoms with Crippen LogP contribution < -0.4 is 10.6 Å². The second-order valence-corrected chi connectivity index (χ2v) is 8.78. The fraction of sp³-hybridized carbons (Fsp3) is 0.350. The van der Waals surface area contributed by atoms with Crippen molar-refractivity contribution in [2.24, 2.45) is 9.98 Å². The smallest absolute Gasteiger partial charge is 0.338 e. The number of carbonyl (C=O) groups is 3. The van der Waals surface area contributed by atoms with Gasteiger partial charge in [-0.05, 0) is 26.3 Å². The summed E-state index contributed by atoms with van der Waals surface area (Å²) >= 11 is 2.44. The molecule has 0 radical (unpaired) electrons. The largest absolute Gasteiger partial charge is 0.463 e. The molecule has 1 aromatic carbocycles. The Bertz CT molecular complexity index is 943.